The first kappa shape index (κ1) is 19.0. The summed E-state index contributed by atoms with van der Waals surface area (Å²) in [6, 6.07) is 11.0. The molecule has 0 fully saturated rings. The highest BCUT2D eigenvalue weighted by Gasteiger charge is 2.17. The average Bonchev–Trinajstić information content (AvgIpc) is 2.47. The van der Waals surface area contributed by atoms with Gasteiger partial charge in [-0.05, 0) is 56.5 Å². The van der Waals surface area contributed by atoms with Crippen LogP contribution in [-0.2, 0) is 10.0 Å². The first-order chi connectivity index (χ1) is 11.6. The zero-order chi connectivity index (χ0) is 18.8. The quantitative estimate of drug-likeness (QED) is 0.857. The smallest absolute Gasteiger partial charge is 0.252 e. The van der Waals surface area contributed by atoms with E-state index in [1.54, 1.807) is 25.1 Å². The van der Waals surface area contributed by atoms with E-state index in [1.165, 1.54) is 5.56 Å². The Hall–Kier alpha value is -2.34. The molecule has 0 saturated heterocycles. The molecule has 0 aromatic heterocycles. The molecule has 134 valence electrons. The molecule has 0 aliphatic carbocycles. The van der Waals surface area contributed by atoms with Gasteiger partial charge in [0.05, 0.1) is 18.0 Å². The lowest BCUT2D eigenvalue weighted by Crippen LogP contribution is -2.28. The van der Waals surface area contributed by atoms with Gasteiger partial charge in [0.25, 0.3) is 5.91 Å². The topological polar surface area (TPSA) is 75.3 Å². The van der Waals surface area contributed by atoms with Gasteiger partial charge in [-0.3, -0.25) is 9.52 Å². The maximum Gasteiger partial charge on any atom is 0.252 e. The van der Waals surface area contributed by atoms with E-state index >= 15 is 0 Å². The third kappa shape index (κ3) is 4.82. The van der Waals surface area contributed by atoms with Crippen LogP contribution in [-0.4, -0.2) is 20.6 Å². The van der Waals surface area contributed by atoms with Crippen LogP contribution in [0, 0.1) is 20.8 Å². The maximum atomic E-state index is 12.7. The van der Waals surface area contributed by atoms with Crippen molar-refractivity contribution < 1.29 is 13.2 Å². The van der Waals surface area contributed by atoms with Crippen molar-refractivity contribution in [2.24, 2.45) is 0 Å². The first-order valence-electron chi connectivity index (χ1n) is 8.04. The van der Waals surface area contributed by atoms with Gasteiger partial charge < -0.3 is 5.32 Å². The summed E-state index contributed by atoms with van der Waals surface area (Å²) < 4.78 is 25.3. The second kappa shape index (κ2) is 7.27. The Bertz CT molecular complexity index is 905. The highest BCUT2D eigenvalue weighted by atomic mass is 32.2. The van der Waals surface area contributed by atoms with E-state index in [2.05, 4.69) is 16.1 Å². The third-order valence-corrected chi connectivity index (χ3v) is 4.70. The van der Waals surface area contributed by atoms with Crippen LogP contribution < -0.4 is 10.0 Å². The van der Waals surface area contributed by atoms with Crippen molar-refractivity contribution in [3.8, 4) is 0 Å². The molecule has 0 spiro atoms. The Labute approximate surface area is 149 Å². The Morgan fingerprint density at radius 3 is 2.36 bits per heavy atom. The van der Waals surface area contributed by atoms with Gasteiger partial charge in [-0.15, -0.1) is 0 Å². The van der Waals surface area contributed by atoms with Crippen LogP contribution in [0.2, 0.25) is 0 Å². The standard InChI is InChI=1S/C19H24N2O3S/c1-12-9-10-16(13(2)11-12)15(4)20-19(22)17-7-6-8-18(14(17)3)21-25(5,23)24/h6-11,15,21H,1-5H3,(H,20,22). The minimum absolute atomic E-state index is 0.154. The fraction of sp³-hybridized carbons (Fsp3) is 0.316. The molecule has 1 atom stereocenters. The highest BCUT2D eigenvalue weighted by Crippen LogP contribution is 2.22. The van der Waals surface area contributed by atoms with Crippen LogP contribution in [0.3, 0.4) is 0 Å². The molecular weight excluding hydrogens is 336 g/mol. The minimum Gasteiger partial charge on any atom is -0.345 e. The van der Waals surface area contributed by atoms with E-state index in [0.717, 1.165) is 17.4 Å². The van der Waals surface area contributed by atoms with Crippen LogP contribution in [0.15, 0.2) is 36.4 Å². The second-order valence-electron chi connectivity index (χ2n) is 6.41. The molecule has 0 bridgehead atoms. The number of nitrogens with one attached hydrogen (secondary N) is 2. The Morgan fingerprint density at radius 1 is 1.08 bits per heavy atom. The van der Waals surface area contributed by atoms with Crippen molar-refractivity contribution in [2.45, 2.75) is 33.7 Å². The van der Waals surface area contributed by atoms with Gasteiger partial charge in [-0.2, -0.15) is 0 Å². The second-order valence-corrected chi connectivity index (χ2v) is 8.16. The first-order valence-corrected chi connectivity index (χ1v) is 9.93. The van der Waals surface area contributed by atoms with Crippen molar-refractivity contribution in [3.05, 3.63) is 64.2 Å². The van der Waals surface area contributed by atoms with Crippen LogP contribution in [0.4, 0.5) is 5.69 Å². The minimum atomic E-state index is -3.40. The number of aryl methyl sites for hydroxylation is 2. The predicted octanol–water partition coefficient (Wildman–Crippen LogP) is 3.47. The third-order valence-electron chi connectivity index (χ3n) is 4.11. The average molecular weight is 360 g/mol. The summed E-state index contributed by atoms with van der Waals surface area (Å²) in [6.07, 6.45) is 1.08. The number of hydrogen-bond donors (Lipinski definition) is 2. The summed E-state index contributed by atoms with van der Waals surface area (Å²) in [5.74, 6) is -0.234. The van der Waals surface area contributed by atoms with Crippen molar-refractivity contribution in [1.29, 1.82) is 0 Å². The molecular formula is C19H24N2O3S. The van der Waals surface area contributed by atoms with Crippen molar-refractivity contribution in [3.63, 3.8) is 0 Å². The number of carbonyl (C=O) groups excluding carboxylic acids is 1. The van der Waals surface area contributed by atoms with E-state index in [9.17, 15) is 13.2 Å². The highest BCUT2D eigenvalue weighted by molar-refractivity contribution is 7.92. The van der Waals surface area contributed by atoms with Gasteiger partial charge in [0.15, 0.2) is 0 Å². The molecule has 2 N–H and O–H groups in total. The molecule has 5 nitrogen and oxygen atoms in total. The van der Waals surface area contributed by atoms with Crippen LogP contribution in [0.25, 0.3) is 0 Å². The summed E-state index contributed by atoms with van der Waals surface area (Å²) in [4.78, 5) is 12.7. The molecule has 25 heavy (non-hydrogen) atoms. The maximum absolute atomic E-state index is 12.7. The molecule has 1 amide bonds. The molecule has 2 aromatic rings. The number of benzene rings is 2. The van der Waals surface area contributed by atoms with E-state index in [4.69, 9.17) is 0 Å². The monoisotopic (exact) mass is 360 g/mol. The number of carbonyl (C=O) groups is 1. The normalized spacial score (nSPS) is 12.5. The van der Waals surface area contributed by atoms with Gasteiger partial charge in [-0.25, -0.2) is 8.42 Å². The van der Waals surface area contributed by atoms with E-state index in [1.807, 2.05) is 32.9 Å². The number of amides is 1. The molecule has 0 radical (unpaired) electrons. The summed E-state index contributed by atoms with van der Waals surface area (Å²) in [5, 5.41) is 2.99. The molecule has 0 aliphatic heterocycles. The van der Waals surface area contributed by atoms with Gasteiger partial charge in [-0.1, -0.05) is 29.8 Å². The van der Waals surface area contributed by atoms with Gasteiger partial charge in [0, 0.05) is 5.56 Å². The number of rotatable bonds is 5. The van der Waals surface area contributed by atoms with E-state index in [0.29, 0.717) is 16.8 Å². The van der Waals surface area contributed by atoms with Crippen LogP contribution >= 0.6 is 0 Å². The van der Waals surface area contributed by atoms with Crippen molar-refractivity contribution in [2.75, 3.05) is 11.0 Å². The van der Waals surface area contributed by atoms with E-state index in [-0.39, 0.29) is 11.9 Å². The number of anilines is 1. The summed E-state index contributed by atoms with van der Waals surface area (Å²) in [6.45, 7) is 7.71. The molecule has 0 aliphatic rings. The summed E-state index contributed by atoms with van der Waals surface area (Å²) in [7, 11) is -3.40. The molecule has 2 rings (SSSR count). The van der Waals surface area contributed by atoms with Gasteiger partial charge >= 0.3 is 0 Å². The van der Waals surface area contributed by atoms with Crippen molar-refractivity contribution in [1.82, 2.24) is 5.32 Å². The molecule has 6 heteroatoms. The zero-order valence-corrected chi connectivity index (χ0v) is 16.0. The van der Waals surface area contributed by atoms with E-state index < -0.39 is 10.0 Å². The molecule has 0 saturated carbocycles. The number of sulfonamides is 1. The van der Waals surface area contributed by atoms with Crippen LogP contribution in [0.5, 0.6) is 0 Å². The molecule has 2 aromatic carbocycles. The van der Waals surface area contributed by atoms with Gasteiger partial charge in [0.2, 0.25) is 10.0 Å². The lowest BCUT2D eigenvalue weighted by Gasteiger charge is -2.18. The lowest BCUT2D eigenvalue weighted by atomic mass is 9.99. The largest absolute Gasteiger partial charge is 0.345 e. The predicted molar refractivity (Wildman–Crippen MR) is 101 cm³/mol. The Kier molecular flexibility index (Phi) is 5.52. The van der Waals surface area contributed by atoms with Crippen LogP contribution in [0.1, 0.15) is 45.6 Å². The summed E-state index contributed by atoms with van der Waals surface area (Å²) >= 11 is 0. The van der Waals surface area contributed by atoms with Gasteiger partial charge in [0.1, 0.15) is 0 Å². The Balaban J connectivity index is 2.25. The fourth-order valence-electron chi connectivity index (χ4n) is 2.86. The number of hydrogen-bond acceptors (Lipinski definition) is 3. The molecule has 0 heterocycles. The van der Waals surface area contributed by atoms with Crippen molar-refractivity contribution >= 4 is 21.6 Å². The zero-order valence-electron chi connectivity index (χ0n) is 15.2. The Morgan fingerprint density at radius 2 is 1.76 bits per heavy atom. The summed E-state index contributed by atoms with van der Waals surface area (Å²) in [5.41, 5.74) is 4.81. The molecule has 1 unspecified atom stereocenters. The lowest BCUT2D eigenvalue weighted by molar-refractivity contribution is 0.0939. The fourth-order valence-corrected chi connectivity index (χ4v) is 3.48. The SMILES string of the molecule is Cc1ccc(C(C)NC(=O)c2cccc(NS(C)(=O)=O)c2C)c(C)c1.